The van der Waals surface area contributed by atoms with E-state index in [1.165, 1.54) is 0 Å². The number of nitrogens with two attached hydrogens (primary N) is 2. The third-order valence-electron chi connectivity index (χ3n) is 2.41. The van der Waals surface area contributed by atoms with Crippen molar-refractivity contribution < 1.29 is 4.74 Å². The van der Waals surface area contributed by atoms with Gasteiger partial charge in [-0.3, -0.25) is 0 Å². The molecule has 0 amide bonds. The number of ether oxygens (including phenoxy) is 1. The first-order valence-electron chi connectivity index (χ1n) is 5.29. The second-order valence-electron chi connectivity index (χ2n) is 3.60. The van der Waals surface area contributed by atoms with Crippen LogP contribution in [0.1, 0.15) is 11.1 Å². The second-order valence-corrected chi connectivity index (χ2v) is 3.60. The summed E-state index contributed by atoms with van der Waals surface area (Å²) in [5.74, 6) is 0.419. The van der Waals surface area contributed by atoms with Crippen molar-refractivity contribution in [2.45, 2.75) is 0 Å². The van der Waals surface area contributed by atoms with Crippen molar-refractivity contribution in [2.24, 2.45) is 0 Å². The number of nitriles is 2. The van der Waals surface area contributed by atoms with Gasteiger partial charge in [0.15, 0.2) is 0 Å². The van der Waals surface area contributed by atoms with Gasteiger partial charge in [0.2, 0.25) is 5.88 Å². The summed E-state index contributed by atoms with van der Waals surface area (Å²) in [6.45, 7) is 0. The van der Waals surface area contributed by atoms with Gasteiger partial charge in [0.05, 0.1) is 5.69 Å². The van der Waals surface area contributed by atoms with Crippen LogP contribution in [0.15, 0.2) is 30.3 Å². The van der Waals surface area contributed by atoms with Gasteiger partial charge in [0.25, 0.3) is 0 Å². The molecule has 0 radical (unpaired) electrons. The number of hydrogen-bond donors (Lipinski definition) is 2. The van der Waals surface area contributed by atoms with E-state index < -0.39 is 0 Å². The Morgan fingerprint density at radius 2 is 1.63 bits per heavy atom. The normalized spacial score (nSPS) is 9.37. The Morgan fingerprint density at radius 1 is 1.00 bits per heavy atom. The van der Waals surface area contributed by atoms with E-state index in [4.69, 9.17) is 26.7 Å². The number of hydrogen-bond acceptors (Lipinski definition) is 6. The van der Waals surface area contributed by atoms with Crippen LogP contribution in [0.3, 0.4) is 0 Å². The van der Waals surface area contributed by atoms with Gasteiger partial charge in [-0.1, -0.05) is 18.2 Å². The van der Waals surface area contributed by atoms with Crippen LogP contribution >= 0.6 is 0 Å². The highest BCUT2D eigenvalue weighted by Crippen LogP contribution is 2.31. The lowest BCUT2D eigenvalue weighted by molar-refractivity contribution is 0.462. The Balaban J connectivity index is 2.54. The molecule has 0 aliphatic heterocycles. The summed E-state index contributed by atoms with van der Waals surface area (Å²) in [4.78, 5) is 3.90. The van der Waals surface area contributed by atoms with Gasteiger partial charge < -0.3 is 16.2 Å². The third-order valence-corrected chi connectivity index (χ3v) is 2.41. The number of aromatic nitrogens is 1. The summed E-state index contributed by atoms with van der Waals surface area (Å²) >= 11 is 0. The fourth-order valence-corrected chi connectivity index (χ4v) is 1.50. The summed E-state index contributed by atoms with van der Waals surface area (Å²) in [5.41, 5.74) is 11.3. The third kappa shape index (κ3) is 2.24. The summed E-state index contributed by atoms with van der Waals surface area (Å²) in [6, 6.07) is 12.5. The number of benzene rings is 1. The zero-order valence-corrected chi connectivity index (χ0v) is 9.79. The van der Waals surface area contributed by atoms with E-state index in [1.807, 2.05) is 18.2 Å². The minimum absolute atomic E-state index is 0.00500. The highest BCUT2D eigenvalue weighted by Gasteiger charge is 2.17. The lowest BCUT2D eigenvalue weighted by Gasteiger charge is -2.10. The predicted molar refractivity (Wildman–Crippen MR) is 69.0 cm³/mol. The Labute approximate surface area is 109 Å². The molecule has 0 aliphatic carbocycles. The van der Waals surface area contributed by atoms with Crippen molar-refractivity contribution in [1.82, 2.24) is 4.98 Å². The molecule has 92 valence electrons. The molecular weight excluding hydrogens is 242 g/mol. The molecule has 0 bridgehead atoms. The number of nitrogen functional groups attached to an aromatic ring is 2. The van der Waals surface area contributed by atoms with Gasteiger partial charge >= 0.3 is 0 Å². The largest absolute Gasteiger partial charge is 0.438 e. The van der Waals surface area contributed by atoms with Crippen molar-refractivity contribution >= 4 is 11.5 Å². The van der Waals surface area contributed by atoms with E-state index in [2.05, 4.69) is 4.98 Å². The smallest absolute Gasteiger partial charge is 0.241 e. The average molecular weight is 251 g/mol. The summed E-state index contributed by atoms with van der Waals surface area (Å²) < 4.78 is 5.46. The molecule has 0 saturated heterocycles. The molecule has 1 heterocycles. The predicted octanol–water partition coefficient (Wildman–Crippen LogP) is 1.78. The first-order valence-corrected chi connectivity index (χ1v) is 5.29. The highest BCUT2D eigenvalue weighted by atomic mass is 16.5. The fourth-order valence-electron chi connectivity index (χ4n) is 1.50. The summed E-state index contributed by atoms with van der Waals surface area (Å²) in [5, 5.41) is 18.0. The maximum absolute atomic E-state index is 9.09. The molecule has 1 aromatic carbocycles. The van der Waals surface area contributed by atoms with E-state index in [9.17, 15) is 0 Å². The Kier molecular flexibility index (Phi) is 3.18. The molecule has 1 aromatic heterocycles. The molecule has 0 unspecified atom stereocenters. The molecule has 0 fully saturated rings. The highest BCUT2D eigenvalue weighted by molar-refractivity contribution is 5.73. The van der Waals surface area contributed by atoms with Crippen LogP contribution in [-0.2, 0) is 0 Å². The van der Waals surface area contributed by atoms with Gasteiger partial charge in [-0.15, -0.1) is 0 Å². The molecule has 2 aromatic rings. The molecule has 0 saturated carbocycles. The van der Waals surface area contributed by atoms with Gasteiger partial charge in [-0.05, 0) is 12.1 Å². The molecule has 19 heavy (non-hydrogen) atoms. The van der Waals surface area contributed by atoms with E-state index in [0.29, 0.717) is 5.75 Å². The van der Waals surface area contributed by atoms with Crippen molar-refractivity contribution in [2.75, 3.05) is 11.5 Å². The standard InChI is InChI=1S/C13H9N5O/c14-6-9-11(16)10(7-15)13(18-12(9)17)19-8-4-2-1-3-5-8/h1-5H,(H4,16,17,18). The van der Waals surface area contributed by atoms with Crippen LogP contribution in [-0.4, -0.2) is 4.98 Å². The molecule has 6 nitrogen and oxygen atoms in total. The van der Waals surface area contributed by atoms with E-state index in [-0.39, 0.29) is 28.5 Å². The maximum Gasteiger partial charge on any atom is 0.241 e. The van der Waals surface area contributed by atoms with Crippen LogP contribution < -0.4 is 16.2 Å². The zero-order valence-electron chi connectivity index (χ0n) is 9.79. The summed E-state index contributed by atoms with van der Waals surface area (Å²) in [7, 11) is 0. The Hall–Kier alpha value is -3.25. The summed E-state index contributed by atoms with van der Waals surface area (Å²) in [6.07, 6.45) is 0. The Morgan fingerprint density at radius 3 is 2.21 bits per heavy atom. The van der Waals surface area contributed by atoms with Gasteiger partial charge in [0, 0.05) is 0 Å². The van der Waals surface area contributed by atoms with Crippen LogP contribution in [0.25, 0.3) is 0 Å². The average Bonchev–Trinajstić information content (AvgIpc) is 2.40. The second kappa shape index (κ2) is 4.94. The van der Waals surface area contributed by atoms with Crippen molar-refractivity contribution in [1.29, 1.82) is 10.5 Å². The van der Waals surface area contributed by atoms with Gasteiger partial charge in [0.1, 0.15) is 34.8 Å². The van der Waals surface area contributed by atoms with Crippen LogP contribution in [0.2, 0.25) is 0 Å². The number of rotatable bonds is 2. The zero-order chi connectivity index (χ0) is 13.8. The van der Waals surface area contributed by atoms with Crippen LogP contribution in [0, 0.1) is 22.7 Å². The first-order chi connectivity index (χ1) is 9.17. The topological polar surface area (TPSA) is 122 Å². The molecule has 6 heteroatoms. The molecule has 0 spiro atoms. The minimum Gasteiger partial charge on any atom is -0.438 e. The van der Waals surface area contributed by atoms with Crippen molar-refractivity contribution in [3.05, 3.63) is 41.5 Å². The van der Waals surface area contributed by atoms with Crippen molar-refractivity contribution in [3.63, 3.8) is 0 Å². The van der Waals surface area contributed by atoms with Crippen molar-refractivity contribution in [3.8, 4) is 23.8 Å². The van der Waals surface area contributed by atoms with Crippen LogP contribution in [0.4, 0.5) is 11.5 Å². The number of anilines is 2. The van der Waals surface area contributed by atoms with E-state index >= 15 is 0 Å². The lowest BCUT2D eigenvalue weighted by atomic mass is 10.1. The van der Waals surface area contributed by atoms with Crippen LogP contribution in [0.5, 0.6) is 11.6 Å². The fraction of sp³-hybridized carbons (Fsp3) is 0. The number of nitrogens with zero attached hydrogens (tertiary/aromatic N) is 3. The maximum atomic E-state index is 9.09. The van der Waals surface area contributed by atoms with E-state index in [0.717, 1.165) is 0 Å². The SMILES string of the molecule is N#Cc1c(N)nc(Oc2ccccc2)c(C#N)c1N. The van der Waals surface area contributed by atoms with E-state index in [1.54, 1.807) is 24.3 Å². The minimum atomic E-state index is -0.0649. The van der Waals surface area contributed by atoms with Gasteiger partial charge in [-0.2, -0.15) is 15.5 Å². The molecule has 4 N–H and O–H groups in total. The lowest BCUT2D eigenvalue weighted by Crippen LogP contribution is -2.05. The number of pyridine rings is 1. The Bertz CT molecular complexity index is 698. The van der Waals surface area contributed by atoms with Gasteiger partial charge in [-0.25, -0.2) is 0 Å². The monoisotopic (exact) mass is 251 g/mol. The molecule has 0 aliphatic rings. The molecule has 0 atom stereocenters. The quantitative estimate of drug-likeness (QED) is 0.838. The molecular formula is C13H9N5O. The molecule has 2 rings (SSSR count). The number of para-hydroxylation sites is 1. The first kappa shape index (κ1) is 12.2.